The Morgan fingerprint density at radius 3 is 1.61 bits per heavy atom. The van der Waals surface area contributed by atoms with Gasteiger partial charge in [0.15, 0.2) is 0 Å². The van der Waals surface area contributed by atoms with Crippen LogP contribution < -0.4 is 10.6 Å². The lowest BCUT2D eigenvalue weighted by Gasteiger charge is -2.21. The van der Waals surface area contributed by atoms with Crippen LogP contribution in [0, 0.1) is 20.8 Å². The molecule has 0 unspecified atom stereocenters. The van der Waals surface area contributed by atoms with Gasteiger partial charge in [0.25, 0.3) is 0 Å². The van der Waals surface area contributed by atoms with Crippen LogP contribution in [0.3, 0.4) is 0 Å². The van der Waals surface area contributed by atoms with Gasteiger partial charge in [0.05, 0.1) is 0 Å². The van der Waals surface area contributed by atoms with Crippen LogP contribution in [-0.2, 0) is 4.57 Å². The van der Waals surface area contributed by atoms with Gasteiger partial charge in [-0.2, -0.15) is 0 Å². The Balaban J connectivity index is 1.97. The summed E-state index contributed by atoms with van der Waals surface area (Å²) in [6.07, 6.45) is 0. The number of benzene rings is 4. The van der Waals surface area contributed by atoms with Gasteiger partial charge in [-0.3, -0.25) is 4.79 Å². The maximum absolute atomic E-state index is 14.6. The van der Waals surface area contributed by atoms with Crippen LogP contribution in [0.4, 0.5) is 0 Å². The first-order chi connectivity index (χ1) is 14.9. The Morgan fingerprint density at radius 1 is 0.645 bits per heavy atom. The van der Waals surface area contributed by atoms with Gasteiger partial charge in [0.1, 0.15) is 0 Å². The van der Waals surface area contributed by atoms with Crippen LogP contribution in [0.2, 0.25) is 0 Å². The molecule has 31 heavy (non-hydrogen) atoms. The number of aryl methyl sites for hydroxylation is 3. The quantitative estimate of drug-likeness (QED) is 0.346. The van der Waals surface area contributed by atoms with E-state index in [0.29, 0.717) is 16.2 Å². The Kier molecular flexibility index (Phi) is 5.76. The summed E-state index contributed by atoms with van der Waals surface area (Å²) >= 11 is 0. The van der Waals surface area contributed by atoms with Crippen molar-refractivity contribution in [3.8, 4) is 11.1 Å². The summed E-state index contributed by atoms with van der Waals surface area (Å²) in [5.74, 6) is 0. The highest BCUT2D eigenvalue weighted by molar-refractivity contribution is 7.93. The van der Waals surface area contributed by atoms with Crippen molar-refractivity contribution in [3.63, 3.8) is 0 Å². The average molecular weight is 424 g/mol. The summed E-state index contributed by atoms with van der Waals surface area (Å²) in [6.45, 7) is 6.19. The maximum Gasteiger partial charge on any atom is 0.230 e. The lowest BCUT2D eigenvalue weighted by atomic mass is 9.91. The van der Waals surface area contributed by atoms with Gasteiger partial charge >= 0.3 is 0 Å². The molecule has 2 nitrogen and oxygen atoms in total. The number of carbonyl (C=O) groups is 1. The molecular formula is C28H25O2P. The first-order valence-corrected chi connectivity index (χ1v) is 12.1. The van der Waals surface area contributed by atoms with Crippen molar-refractivity contribution in [2.24, 2.45) is 0 Å². The molecule has 4 aromatic rings. The third-order valence-corrected chi connectivity index (χ3v) is 8.49. The second kappa shape index (κ2) is 8.49. The van der Waals surface area contributed by atoms with Crippen molar-refractivity contribution in [3.05, 3.63) is 119 Å². The zero-order valence-corrected chi connectivity index (χ0v) is 18.9. The van der Waals surface area contributed by atoms with Gasteiger partial charge in [-0.1, -0.05) is 103 Å². The van der Waals surface area contributed by atoms with Crippen LogP contribution in [0.25, 0.3) is 11.1 Å². The van der Waals surface area contributed by atoms with Gasteiger partial charge in [-0.05, 0) is 43.0 Å². The normalized spacial score (nSPS) is 11.3. The molecule has 0 N–H and O–H groups in total. The van der Waals surface area contributed by atoms with Crippen molar-refractivity contribution in [2.45, 2.75) is 20.8 Å². The molecule has 3 heteroatoms. The van der Waals surface area contributed by atoms with E-state index in [9.17, 15) is 9.36 Å². The van der Waals surface area contributed by atoms with E-state index in [1.165, 1.54) is 5.56 Å². The molecule has 0 atom stereocenters. The summed E-state index contributed by atoms with van der Waals surface area (Å²) in [7, 11) is -3.56. The van der Waals surface area contributed by atoms with Crippen molar-refractivity contribution in [1.29, 1.82) is 0 Å². The molecule has 0 aliphatic heterocycles. The van der Waals surface area contributed by atoms with Gasteiger partial charge in [0, 0.05) is 16.2 Å². The molecule has 0 heterocycles. The van der Waals surface area contributed by atoms with Crippen molar-refractivity contribution in [1.82, 2.24) is 0 Å². The molecule has 0 spiro atoms. The van der Waals surface area contributed by atoms with E-state index >= 15 is 0 Å². The molecule has 0 aromatic heterocycles. The highest BCUT2D eigenvalue weighted by atomic mass is 31.2. The fourth-order valence-electron chi connectivity index (χ4n) is 4.32. The zero-order valence-electron chi connectivity index (χ0n) is 18.0. The molecule has 0 aliphatic rings. The summed E-state index contributed by atoms with van der Waals surface area (Å²) in [6, 6.07) is 30.0. The third-order valence-electron chi connectivity index (χ3n) is 5.63. The van der Waals surface area contributed by atoms with Crippen molar-refractivity contribution >= 4 is 23.3 Å². The Bertz CT molecular complexity index is 1220. The van der Waals surface area contributed by atoms with Crippen LogP contribution >= 0.6 is 7.14 Å². The molecule has 0 amide bonds. The Hall–Kier alpha value is -3.22. The van der Waals surface area contributed by atoms with E-state index in [-0.39, 0.29) is 5.52 Å². The average Bonchev–Trinajstić information content (AvgIpc) is 2.79. The number of carbonyl (C=O) groups excluding carboxylic acids is 1. The summed E-state index contributed by atoms with van der Waals surface area (Å²) < 4.78 is 14.6. The van der Waals surface area contributed by atoms with E-state index < -0.39 is 7.14 Å². The summed E-state index contributed by atoms with van der Waals surface area (Å²) in [4.78, 5) is 14.1. The van der Waals surface area contributed by atoms with Crippen LogP contribution in [0.1, 0.15) is 27.0 Å². The minimum Gasteiger partial charge on any atom is -0.305 e. The predicted octanol–water partition coefficient (Wildman–Crippen LogP) is 6.43. The molecule has 4 aromatic carbocycles. The van der Waals surface area contributed by atoms with Crippen LogP contribution in [-0.4, -0.2) is 5.52 Å². The highest BCUT2D eigenvalue weighted by Crippen LogP contribution is 2.48. The van der Waals surface area contributed by atoms with E-state index in [4.69, 9.17) is 0 Å². The number of hydrogen-bond donors (Lipinski definition) is 0. The fourth-order valence-corrected chi connectivity index (χ4v) is 6.81. The minimum absolute atomic E-state index is 0.333. The predicted molar refractivity (Wildman–Crippen MR) is 130 cm³/mol. The highest BCUT2D eigenvalue weighted by Gasteiger charge is 2.37. The number of hydrogen-bond acceptors (Lipinski definition) is 2. The maximum atomic E-state index is 14.6. The molecule has 0 saturated heterocycles. The topological polar surface area (TPSA) is 34.1 Å². The lowest BCUT2D eigenvalue weighted by Crippen LogP contribution is -2.23. The van der Waals surface area contributed by atoms with Crippen LogP contribution in [0.15, 0.2) is 97.1 Å². The van der Waals surface area contributed by atoms with Crippen LogP contribution in [0.5, 0.6) is 0 Å². The van der Waals surface area contributed by atoms with Gasteiger partial charge in [-0.15, -0.1) is 0 Å². The van der Waals surface area contributed by atoms with Crippen molar-refractivity contribution in [2.75, 3.05) is 0 Å². The van der Waals surface area contributed by atoms with E-state index in [2.05, 4.69) is 32.9 Å². The largest absolute Gasteiger partial charge is 0.305 e. The fraction of sp³-hybridized carbons (Fsp3) is 0.107. The molecular weight excluding hydrogens is 399 g/mol. The zero-order chi connectivity index (χ0) is 22.0. The molecule has 0 saturated carbocycles. The van der Waals surface area contributed by atoms with Gasteiger partial charge < -0.3 is 4.57 Å². The minimum atomic E-state index is -3.56. The standard InChI is InChI=1S/C28H25O2P/c1-20-18-21(2)27(22(3)19-20)25-16-10-11-17-26(25)28(29)31(30,23-12-6-4-7-13-23)24-14-8-5-9-15-24/h4-19H,1-3H3. The first kappa shape index (κ1) is 21.0. The summed E-state index contributed by atoms with van der Waals surface area (Å²) in [5.41, 5.74) is 5.41. The Morgan fingerprint density at radius 2 is 1.10 bits per heavy atom. The number of rotatable bonds is 5. The lowest BCUT2D eigenvalue weighted by molar-refractivity contribution is 0.107. The molecule has 4 rings (SSSR count). The smallest absolute Gasteiger partial charge is 0.230 e. The van der Waals surface area contributed by atoms with Crippen molar-refractivity contribution < 1.29 is 9.36 Å². The summed E-state index contributed by atoms with van der Waals surface area (Å²) in [5, 5.41) is 1.11. The SMILES string of the molecule is Cc1cc(C)c(-c2ccccc2C(=O)P(=O)(c2ccccc2)c2ccccc2)c(C)c1. The van der Waals surface area contributed by atoms with E-state index in [0.717, 1.165) is 22.3 Å². The third kappa shape index (κ3) is 3.80. The first-order valence-electron chi connectivity index (χ1n) is 10.4. The molecule has 0 bridgehead atoms. The second-order valence-electron chi connectivity index (χ2n) is 7.90. The molecule has 0 aliphatic carbocycles. The van der Waals surface area contributed by atoms with Gasteiger partial charge in [0.2, 0.25) is 12.7 Å². The molecule has 0 radical (unpaired) electrons. The van der Waals surface area contributed by atoms with E-state index in [1.807, 2.05) is 54.6 Å². The molecule has 0 fully saturated rings. The monoisotopic (exact) mass is 424 g/mol. The van der Waals surface area contributed by atoms with E-state index in [1.54, 1.807) is 30.3 Å². The molecule has 154 valence electrons. The Labute approximate surface area is 184 Å². The second-order valence-corrected chi connectivity index (χ2v) is 10.6. The van der Waals surface area contributed by atoms with Gasteiger partial charge in [-0.25, -0.2) is 0 Å².